The van der Waals surface area contributed by atoms with Crippen LogP contribution in [-0.4, -0.2) is 49.7 Å². The molecule has 0 heterocycles. The van der Waals surface area contributed by atoms with Gasteiger partial charge in [0, 0.05) is 25.7 Å². The minimum atomic E-state index is -0.682. The lowest BCUT2D eigenvalue weighted by molar-refractivity contribution is -0.138. The van der Waals surface area contributed by atoms with E-state index < -0.39 is 17.9 Å². The molecule has 0 spiro atoms. The van der Waals surface area contributed by atoms with Crippen molar-refractivity contribution >= 4 is 34.4 Å². The van der Waals surface area contributed by atoms with Crippen molar-refractivity contribution in [1.82, 2.24) is 0 Å². The van der Waals surface area contributed by atoms with Crippen LogP contribution in [0.4, 0.5) is 0 Å². The van der Waals surface area contributed by atoms with Crippen LogP contribution in [0.5, 0.6) is 0 Å². The van der Waals surface area contributed by atoms with E-state index in [2.05, 4.69) is 32.1 Å². The van der Waals surface area contributed by atoms with Crippen LogP contribution in [-0.2, 0) is 23.6 Å². The Kier molecular flexibility index (Phi) is 40.3. The third kappa shape index (κ3) is 58.8. The molecule has 0 aromatic rings. The van der Waals surface area contributed by atoms with Crippen LogP contribution in [0.1, 0.15) is 130 Å². The third-order valence-electron chi connectivity index (χ3n) is 4.19. The van der Waals surface area contributed by atoms with Crippen molar-refractivity contribution < 1.29 is 38.9 Å². The molecule has 0 aromatic carbocycles. The Bertz CT molecular complexity index is 408. The summed E-state index contributed by atoms with van der Waals surface area (Å²) in [4.78, 5) is 40.1. The Morgan fingerprint density at radius 1 is 0.515 bits per heavy atom. The molecule has 0 radical (unpaired) electrons. The van der Waals surface area contributed by atoms with Crippen molar-refractivity contribution in [2.75, 3.05) is 0 Å². The van der Waals surface area contributed by atoms with Gasteiger partial charge in [0.15, 0.2) is 0 Å². The van der Waals surface area contributed by atoms with Crippen molar-refractivity contribution in [3.63, 3.8) is 0 Å². The first kappa shape index (κ1) is 38.4. The lowest BCUT2D eigenvalue weighted by atomic mass is 10.2. The number of rotatable bonds is 16. The smallest absolute Gasteiger partial charge is 0.303 e. The average Bonchev–Trinajstić information content (AvgIpc) is 2.75. The molecule has 0 saturated heterocycles. The molecular formula is C24H50O8Si. The van der Waals surface area contributed by atoms with Crippen molar-refractivity contribution in [2.24, 2.45) is 0 Å². The molecular weight excluding hydrogens is 444 g/mol. The quantitative estimate of drug-likeness (QED) is 0.193. The molecule has 0 atom stereocenters. The van der Waals surface area contributed by atoms with E-state index in [1.54, 1.807) is 0 Å². The number of carboxylic acids is 3. The summed E-state index contributed by atoms with van der Waals surface area (Å²) in [6.45, 7) is 8.29. The molecule has 198 valence electrons. The van der Waals surface area contributed by atoms with Crippen LogP contribution in [0.3, 0.4) is 0 Å². The largest absolute Gasteiger partial charge is 0.529 e. The van der Waals surface area contributed by atoms with Gasteiger partial charge in [-0.05, 0) is 25.7 Å². The van der Waals surface area contributed by atoms with Gasteiger partial charge in [-0.15, -0.1) is 0 Å². The first-order valence-corrected chi connectivity index (χ1v) is 13.2. The highest BCUT2D eigenvalue weighted by atomic mass is 28.2. The van der Waals surface area contributed by atoms with Crippen molar-refractivity contribution in [1.29, 1.82) is 0 Å². The molecule has 0 aliphatic rings. The topological polar surface area (TPSA) is 138 Å². The number of carboxylic acid groups (broad SMARTS) is 3. The number of hydrogen-bond donors (Lipinski definition) is 3. The van der Waals surface area contributed by atoms with E-state index in [0.717, 1.165) is 77.0 Å². The highest BCUT2D eigenvalue weighted by Crippen LogP contribution is 1.99. The zero-order valence-corrected chi connectivity index (χ0v) is 23.7. The molecule has 0 aromatic heterocycles. The maximum absolute atomic E-state index is 10.5. The SMILES string of the molecule is CCCCCC(=O)O.CCCCCC(=O)O.CCCCCC(=O)O.CCCCCC(=O)O[SiH3]. The van der Waals surface area contributed by atoms with E-state index in [1.165, 1.54) is 0 Å². The fraction of sp³-hybridized carbons (Fsp3) is 0.833. The van der Waals surface area contributed by atoms with Crippen LogP contribution >= 0.6 is 0 Å². The molecule has 8 nitrogen and oxygen atoms in total. The van der Waals surface area contributed by atoms with Gasteiger partial charge in [-0.1, -0.05) is 79.1 Å². The summed E-state index contributed by atoms with van der Waals surface area (Å²) in [6.07, 6.45) is 13.7. The maximum atomic E-state index is 10.5. The minimum absolute atomic E-state index is 0.0323. The van der Waals surface area contributed by atoms with Crippen LogP contribution < -0.4 is 0 Å². The summed E-state index contributed by atoms with van der Waals surface area (Å²) in [5.41, 5.74) is 0. The number of aliphatic carboxylic acids is 3. The van der Waals surface area contributed by atoms with Gasteiger partial charge in [0.25, 0.3) is 5.97 Å². The molecule has 0 bridgehead atoms. The van der Waals surface area contributed by atoms with Gasteiger partial charge in [0.05, 0.1) is 0 Å². The first-order valence-electron chi connectivity index (χ1n) is 12.3. The summed E-state index contributed by atoms with van der Waals surface area (Å²) in [5.74, 6) is -2.08. The molecule has 0 rings (SSSR count). The molecule has 0 aliphatic carbocycles. The van der Waals surface area contributed by atoms with Gasteiger partial charge in [0.2, 0.25) is 10.5 Å². The first-order chi connectivity index (χ1) is 15.6. The molecule has 3 N–H and O–H groups in total. The van der Waals surface area contributed by atoms with E-state index in [9.17, 15) is 19.2 Å². The van der Waals surface area contributed by atoms with Gasteiger partial charge < -0.3 is 19.7 Å². The molecule has 0 fully saturated rings. The highest BCUT2D eigenvalue weighted by Gasteiger charge is 1.96. The lowest BCUT2D eigenvalue weighted by Crippen LogP contribution is -1.99. The summed E-state index contributed by atoms with van der Waals surface area (Å²) in [5, 5.41) is 24.4. The maximum Gasteiger partial charge on any atom is 0.303 e. The second-order valence-corrected chi connectivity index (χ2v) is 7.99. The summed E-state index contributed by atoms with van der Waals surface area (Å²) in [7, 11) is 0.542. The number of hydrogen-bond acceptors (Lipinski definition) is 5. The predicted molar refractivity (Wildman–Crippen MR) is 136 cm³/mol. The number of carbonyl (C=O) groups excluding carboxylic acids is 1. The van der Waals surface area contributed by atoms with Crippen molar-refractivity contribution in [3.8, 4) is 0 Å². The number of carbonyl (C=O) groups is 4. The lowest BCUT2D eigenvalue weighted by Gasteiger charge is -1.96. The monoisotopic (exact) mass is 494 g/mol. The minimum Gasteiger partial charge on any atom is -0.529 e. The fourth-order valence-electron chi connectivity index (χ4n) is 2.20. The molecule has 0 saturated carbocycles. The predicted octanol–water partition coefficient (Wildman–Crippen LogP) is 5.34. The van der Waals surface area contributed by atoms with Crippen molar-refractivity contribution in [2.45, 2.75) is 130 Å². The van der Waals surface area contributed by atoms with E-state index in [-0.39, 0.29) is 5.97 Å². The normalized spacial score (nSPS) is 9.21. The standard InChI is InChI=1S/C6H14O2Si.3C6H12O2/c1-2-3-4-5-6(7)8-9;3*1-2-3-4-5-6(7)8/h2-5H2,1,9H3;3*2-5H2,1H3,(H,7,8). The second-order valence-electron chi connectivity index (χ2n) is 7.59. The Labute approximate surface area is 204 Å². The van der Waals surface area contributed by atoms with Gasteiger partial charge in [-0.25, -0.2) is 0 Å². The van der Waals surface area contributed by atoms with Crippen LogP contribution in [0, 0.1) is 0 Å². The summed E-state index contributed by atoms with van der Waals surface area (Å²) < 4.78 is 4.60. The van der Waals surface area contributed by atoms with E-state index >= 15 is 0 Å². The summed E-state index contributed by atoms with van der Waals surface area (Å²) >= 11 is 0. The Hall–Kier alpha value is -1.90. The average molecular weight is 495 g/mol. The van der Waals surface area contributed by atoms with Gasteiger partial charge in [-0.2, -0.15) is 0 Å². The van der Waals surface area contributed by atoms with Crippen molar-refractivity contribution in [3.05, 3.63) is 0 Å². The van der Waals surface area contributed by atoms with E-state index in [0.29, 0.717) is 36.2 Å². The molecule has 0 aliphatic heterocycles. The third-order valence-corrected chi connectivity index (χ3v) is 4.65. The fourth-order valence-corrected chi connectivity index (χ4v) is 2.40. The Balaban J connectivity index is -0.000000170. The van der Waals surface area contributed by atoms with E-state index in [1.807, 2.05) is 0 Å². The molecule has 0 unspecified atom stereocenters. The molecule has 0 amide bonds. The van der Waals surface area contributed by atoms with Gasteiger partial charge in [0.1, 0.15) is 0 Å². The second kappa shape index (κ2) is 34.7. The molecule has 9 heteroatoms. The number of unbranched alkanes of at least 4 members (excludes halogenated alkanes) is 8. The zero-order valence-electron chi connectivity index (χ0n) is 21.7. The Morgan fingerprint density at radius 2 is 0.758 bits per heavy atom. The zero-order chi connectivity index (χ0) is 26.3. The van der Waals surface area contributed by atoms with Gasteiger partial charge >= 0.3 is 17.9 Å². The Morgan fingerprint density at radius 3 is 0.939 bits per heavy atom. The van der Waals surface area contributed by atoms with Gasteiger partial charge in [-0.3, -0.25) is 19.2 Å². The summed E-state index contributed by atoms with van der Waals surface area (Å²) in [6, 6.07) is 0. The van der Waals surface area contributed by atoms with Crippen LogP contribution in [0.2, 0.25) is 0 Å². The van der Waals surface area contributed by atoms with Crippen LogP contribution in [0.15, 0.2) is 0 Å². The van der Waals surface area contributed by atoms with E-state index in [4.69, 9.17) is 15.3 Å². The van der Waals surface area contributed by atoms with Crippen LogP contribution in [0.25, 0.3) is 0 Å². The highest BCUT2D eigenvalue weighted by molar-refractivity contribution is 6.05. The molecule has 33 heavy (non-hydrogen) atoms.